The first-order valence-corrected chi connectivity index (χ1v) is 13.1. The fourth-order valence-corrected chi connectivity index (χ4v) is 5.00. The second-order valence-electron chi connectivity index (χ2n) is 9.76. The number of amides is 3. The van der Waals surface area contributed by atoms with E-state index in [1.165, 1.54) is 18.0 Å². The van der Waals surface area contributed by atoms with Crippen molar-refractivity contribution in [2.45, 2.75) is 32.2 Å². The van der Waals surface area contributed by atoms with Gasteiger partial charge in [0.1, 0.15) is 33.9 Å². The lowest BCUT2D eigenvalue weighted by molar-refractivity contribution is -0.119. The zero-order valence-corrected chi connectivity index (χ0v) is 23.0. The van der Waals surface area contributed by atoms with Crippen molar-refractivity contribution >= 4 is 51.8 Å². The van der Waals surface area contributed by atoms with E-state index in [0.29, 0.717) is 36.2 Å². The minimum absolute atomic E-state index is 0.0126. The number of hydrogen-bond acceptors (Lipinski definition) is 6. The summed E-state index contributed by atoms with van der Waals surface area (Å²) >= 11 is 6.53. The largest absolute Gasteiger partial charge is 0.453 e. The van der Waals surface area contributed by atoms with E-state index < -0.39 is 41.2 Å². The average molecular weight is 586 g/mol. The first kappa shape index (κ1) is 28.0. The van der Waals surface area contributed by atoms with Crippen LogP contribution in [0, 0.1) is 17.6 Å². The Balaban J connectivity index is 1.53. The molecule has 1 aliphatic rings. The summed E-state index contributed by atoms with van der Waals surface area (Å²) in [5.74, 6) is -3.45. The highest BCUT2D eigenvalue weighted by Gasteiger charge is 2.28. The Morgan fingerprint density at radius 2 is 2.00 bits per heavy atom. The van der Waals surface area contributed by atoms with Crippen LogP contribution in [-0.2, 0) is 16.6 Å². The molecule has 2 bridgehead atoms. The smallest absolute Gasteiger partial charge is 0.411 e. The highest BCUT2D eigenvalue weighted by molar-refractivity contribution is 6.32. The van der Waals surface area contributed by atoms with Crippen molar-refractivity contribution < 1.29 is 27.9 Å². The van der Waals surface area contributed by atoms with Crippen LogP contribution in [-0.4, -0.2) is 44.8 Å². The Labute approximate surface area is 237 Å². The number of aryl methyl sites for hydroxylation is 1. The van der Waals surface area contributed by atoms with Gasteiger partial charge in [0.2, 0.25) is 5.91 Å². The van der Waals surface area contributed by atoms with Crippen molar-refractivity contribution in [1.29, 1.82) is 0 Å². The van der Waals surface area contributed by atoms with E-state index in [0.717, 1.165) is 6.07 Å². The number of nitrogens with zero attached hydrogens (tertiary/aromatic N) is 3. The summed E-state index contributed by atoms with van der Waals surface area (Å²) in [6.45, 7) is 1.76. The van der Waals surface area contributed by atoms with Gasteiger partial charge in [-0.2, -0.15) is 5.10 Å². The van der Waals surface area contributed by atoms with Gasteiger partial charge >= 0.3 is 6.09 Å². The van der Waals surface area contributed by atoms with Crippen molar-refractivity contribution in [3.05, 3.63) is 58.6 Å². The Kier molecular flexibility index (Phi) is 7.63. The zero-order valence-electron chi connectivity index (χ0n) is 22.3. The average Bonchev–Trinajstić information content (AvgIpc) is 3.50. The molecule has 4 aromatic rings. The summed E-state index contributed by atoms with van der Waals surface area (Å²) < 4.78 is 36.2. The van der Waals surface area contributed by atoms with Crippen LogP contribution >= 0.6 is 11.6 Å². The summed E-state index contributed by atoms with van der Waals surface area (Å²) in [7, 11) is 2.77. The predicted octanol–water partition coefficient (Wildman–Crippen LogP) is 5.30. The standard InChI is InChI=1S/C27H26ClF2N7O4/c1-12-5-4-6-17(33-26(39)20-16(29)10-19-15(21(20)30)11-31-37(19)2)24-35-22(23(28)36-24)14-8-7-13(32-27(40)41-3)9-18(14)34-25(12)38/h7-12,17H,4-6H2,1-3H3,(H,32,40)(H,33,39)(H,34,38)(H,35,36)/t12-,17+/m1/s1. The predicted molar refractivity (Wildman–Crippen MR) is 148 cm³/mol. The third-order valence-corrected chi connectivity index (χ3v) is 7.30. The van der Waals surface area contributed by atoms with Crippen LogP contribution < -0.4 is 16.0 Å². The second kappa shape index (κ2) is 11.2. The normalized spacial score (nSPS) is 17.2. The van der Waals surface area contributed by atoms with Gasteiger partial charge in [-0.1, -0.05) is 24.9 Å². The monoisotopic (exact) mass is 585 g/mol. The number of halogens is 3. The topological polar surface area (TPSA) is 143 Å². The van der Waals surface area contributed by atoms with Gasteiger partial charge in [0.25, 0.3) is 5.91 Å². The maximum atomic E-state index is 15.2. The molecule has 2 aromatic carbocycles. The molecule has 0 saturated heterocycles. The van der Waals surface area contributed by atoms with Crippen molar-refractivity contribution in [2.75, 3.05) is 17.7 Å². The summed E-state index contributed by atoms with van der Waals surface area (Å²) in [6, 6.07) is 5.00. The number of fused-ring (bicyclic) bond motifs is 5. The van der Waals surface area contributed by atoms with Gasteiger partial charge < -0.3 is 20.4 Å². The number of ether oxygens (including phenoxy) is 1. The molecule has 41 heavy (non-hydrogen) atoms. The highest BCUT2D eigenvalue weighted by Crippen LogP contribution is 2.36. The molecular formula is C27H26ClF2N7O4. The van der Waals surface area contributed by atoms with Gasteiger partial charge in [-0.15, -0.1) is 0 Å². The number of hydrogen-bond donors (Lipinski definition) is 4. The van der Waals surface area contributed by atoms with Gasteiger partial charge in [0.05, 0.1) is 35.9 Å². The minimum atomic E-state index is -1.03. The van der Waals surface area contributed by atoms with E-state index in [4.69, 9.17) is 11.6 Å². The maximum Gasteiger partial charge on any atom is 0.411 e. The lowest BCUT2D eigenvalue weighted by Gasteiger charge is -2.20. The minimum Gasteiger partial charge on any atom is -0.453 e. The van der Waals surface area contributed by atoms with Crippen LogP contribution in [0.2, 0.25) is 5.15 Å². The molecule has 0 unspecified atom stereocenters. The number of imidazole rings is 1. The number of rotatable bonds is 3. The van der Waals surface area contributed by atoms with E-state index in [1.54, 1.807) is 32.2 Å². The number of carbonyl (C=O) groups excluding carboxylic acids is 3. The molecular weight excluding hydrogens is 560 g/mol. The van der Waals surface area contributed by atoms with Crippen LogP contribution in [0.1, 0.15) is 48.4 Å². The molecule has 11 nitrogen and oxygen atoms in total. The fraction of sp³-hybridized carbons (Fsp3) is 0.296. The summed E-state index contributed by atoms with van der Waals surface area (Å²) in [5.41, 5.74) is 0.883. The molecule has 2 atom stereocenters. The van der Waals surface area contributed by atoms with Gasteiger partial charge in [-0.05, 0) is 31.0 Å². The van der Waals surface area contributed by atoms with Crippen LogP contribution in [0.25, 0.3) is 22.2 Å². The highest BCUT2D eigenvalue weighted by atomic mass is 35.5. The van der Waals surface area contributed by atoms with Gasteiger partial charge in [0.15, 0.2) is 0 Å². The number of benzene rings is 2. The first-order valence-electron chi connectivity index (χ1n) is 12.7. The van der Waals surface area contributed by atoms with E-state index >= 15 is 4.39 Å². The third-order valence-electron chi connectivity index (χ3n) is 7.03. The van der Waals surface area contributed by atoms with Crippen molar-refractivity contribution in [1.82, 2.24) is 25.1 Å². The quantitative estimate of drug-likeness (QED) is 0.257. The van der Waals surface area contributed by atoms with Crippen molar-refractivity contribution in [3.63, 3.8) is 0 Å². The number of anilines is 2. The fourth-order valence-electron chi connectivity index (χ4n) is 4.76. The number of aromatic nitrogens is 4. The second-order valence-corrected chi connectivity index (χ2v) is 10.1. The van der Waals surface area contributed by atoms with E-state index in [1.807, 2.05) is 0 Å². The molecule has 3 heterocycles. The molecule has 0 radical (unpaired) electrons. The SMILES string of the molecule is COC(=O)Nc1ccc2c(c1)NC(=O)[C@H](C)CCC[C@H](NC(=O)c1c(F)cc3c(cnn3C)c1F)c1nc-2c(Cl)[nH]1. The van der Waals surface area contributed by atoms with Gasteiger partial charge in [-0.3, -0.25) is 19.6 Å². The number of aromatic amines is 1. The molecule has 3 amide bonds. The maximum absolute atomic E-state index is 15.2. The zero-order chi connectivity index (χ0) is 29.4. The molecule has 0 fully saturated rings. The molecule has 2 aromatic heterocycles. The Morgan fingerprint density at radius 3 is 2.76 bits per heavy atom. The summed E-state index contributed by atoms with van der Waals surface area (Å²) in [5, 5.41) is 12.2. The van der Waals surface area contributed by atoms with E-state index in [2.05, 4.69) is 35.8 Å². The molecule has 4 N–H and O–H groups in total. The van der Waals surface area contributed by atoms with Gasteiger partial charge in [-0.25, -0.2) is 18.6 Å². The number of H-pyrrole nitrogens is 1. The Hall–Kier alpha value is -4.52. The Bertz CT molecular complexity index is 1690. The number of methoxy groups -OCH3 is 1. The van der Waals surface area contributed by atoms with Crippen LogP contribution in [0.15, 0.2) is 30.5 Å². The Morgan fingerprint density at radius 1 is 1.22 bits per heavy atom. The lowest BCUT2D eigenvalue weighted by Crippen LogP contribution is -2.31. The summed E-state index contributed by atoms with van der Waals surface area (Å²) in [6.07, 6.45) is 1.76. The van der Waals surface area contributed by atoms with Crippen molar-refractivity contribution in [2.24, 2.45) is 13.0 Å². The van der Waals surface area contributed by atoms with Crippen LogP contribution in [0.5, 0.6) is 0 Å². The van der Waals surface area contributed by atoms with E-state index in [9.17, 15) is 18.8 Å². The first-order chi connectivity index (χ1) is 19.6. The van der Waals surface area contributed by atoms with Crippen LogP contribution in [0.3, 0.4) is 0 Å². The molecule has 5 rings (SSSR count). The van der Waals surface area contributed by atoms with Crippen molar-refractivity contribution in [3.8, 4) is 11.3 Å². The number of nitrogens with one attached hydrogen (secondary N) is 4. The molecule has 0 spiro atoms. The van der Waals surface area contributed by atoms with Gasteiger partial charge in [0, 0.05) is 30.3 Å². The molecule has 0 aliphatic carbocycles. The third kappa shape index (κ3) is 5.44. The van der Waals surface area contributed by atoms with Crippen LogP contribution in [0.4, 0.5) is 25.0 Å². The molecule has 0 saturated carbocycles. The molecule has 1 aliphatic heterocycles. The summed E-state index contributed by atoms with van der Waals surface area (Å²) in [4.78, 5) is 45.5. The molecule has 14 heteroatoms. The van der Waals surface area contributed by atoms with E-state index in [-0.39, 0.29) is 33.5 Å². The molecule has 214 valence electrons. The number of carbonyl (C=O) groups is 3. The lowest BCUT2D eigenvalue weighted by atomic mass is 9.99.